The molecule has 6 nitrogen and oxygen atoms in total. The smallest absolute Gasteiger partial charge is 0.161 e. The Morgan fingerprint density at radius 3 is 0.493 bits per heavy atom. The van der Waals surface area contributed by atoms with Gasteiger partial charge in [0.1, 0.15) is 0 Å². The number of unbranched alkanes of at least 4 members (excludes halogenated alkanes) is 25. The van der Waals surface area contributed by atoms with Crippen LogP contribution in [-0.4, -0.2) is 39.6 Å². The molecule has 0 spiro atoms. The van der Waals surface area contributed by atoms with Crippen LogP contribution in [0.1, 0.15) is 241 Å². The zero-order valence-electron chi connectivity index (χ0n) is 44.1. The van der Waals surface area contributed by atoms with Crippen molar-refractivity contribution in [2.24, 2.45) is 0 Å². The van der Waals surface area contributed by atoms with E-state index in [9.17, 15) is 0 Å². The minimum atomic E-state index is 0.668. The average molecular weight is 927 g/mol. The molecule has 0 saturated heterocycles. The molecule has 378 valence electrons. The molecule has 67 heavy (non-hydrogen) atoms. The van der Waals surface area contributed by atoms with Crippen molar-refractivity contribution in [1.82, 2.24) is 0 Å². The quantitative estimate of drug-likeness (QED) is 0.0326. The lowest BCUT2D eigenvalue weighted by molar-refractivity contribution is 0.259. The van der Waals surface area contributed by atoms with Crippen LogP contribution in [0, 0.1) is 0 Å². The van der Waals surface area contributed by atoms with Crippen molar-refractivity contribution in [1.29, 1.82) is 0 Å². The summed E-state index contributed by atoms with van der Waals surface area (Å²) in [5.41, 5.74) is 0. The summed E-state index contributed by atoms with van der Waals surface area (Å²) < 4.78 is 40.3. The van der Waals surface area contributed by atoms with Gasteiger partial charge in [0.2, 0.25) is 0 Å². The highest BCUT2D eigenvalue weighted by molar-refractivity contribution is 6.26. The summed E-state index contributed by atoms with van der Waals surface area (Å²) in [7, 11) is 0. The lowest BCUT2D eigenvalue weighted by Gasteiger charge is -2.21. The summed E-state index contributed by atoms with van der Waals surface area (Å²) >= 11 is 0. The highest BCUT2D eigenvalue weighted by Gasteiger charge is 2.21. The molecule has 0 bridgehead atoms. The molecule has 0 aliphatic carbocycles. The van der Waals surface area contributed by atoms with Gasteiger partial charge in [-0.1, -0.05) is 202 Å². The standard InChI is InChI=1S/C61H98O6/c1-7-13-19-25-26-27-28-29-30-31-37-43-67-61-49-55-53-47-59(65-41-35-23-17-11-5)57(63-39-33-21-15-9-3)45-51(53)50-44-56(62-38-32-20-14-8-2)58(64-40-34-22-16-10-4)46-52(50)54(55)48-60(61)66-42-36-24-18-12-6/h44-49H,7-43H2,1-6H3. The van der Waals surface area contributed by atoms with Crippen molar-refractivity contribution >= 4 is 32.3 Å². The summed E-state index contributed by atoms with van der Waals surface area (Å²) in [6.45, 7) is 17.6. The van der Waals surface area contributed by atoms with E-state index >= 15 is 0 Å². The minimum Gasteiger partial charge on any atom is -0.490 e. The molecule has 0 aliphatic rings. The number of benzene rings is 4. The summed E-state index contributed by atoms with van der Waals surface area (Å²) in [6.07, 6.45) is 37.4. The zero-order chi connectivity index (χ0) is 47.6. The number of hydrogen-bond acceptors (Lipinski definition) is 6. The third kappa shape index (κ3) is 20.5. The predicted molar refractivity (Wildman–Crippen MR) is 289 cm³/mol. The number of rotatable bonds is 43. The maximum atomic E-state index is 6.78. The van der Waals surface area contributed by atoms with Gasteiger partial charge >= 0.3 is 0 Å². The van der Waals surface area contributed by atoms with E-state index in [4.69, 9.17) is 28.4 Å². The van der Waals surface area contributed by atoms with Gasteiger partial charge in [-0.2, -0.15) is 0 Å². The van der Waals surface area contributed by atoms with Gasteiger partial charge in [0.25, 0.3) is 0 Å². The molecule has 0 atom stereocenters. The van der Waals surface area contributed by atoms with Crippen LogP contribution in [0.2, 0.25) is 0 Å². The van der Waals surface area contributed by atoms with Crippen LogP contribution in [-0.2, 0) is 0 Å². The van der Waals surface area contributed by atoms with Crippen molar-refractivity contribution in [3.8, 4) is 34.5 Å². The molecular weight excluding hydrogens is 829 g/mol. The molecule has 0 aliphatic heterocycles. The van der Waals surface area contributed by atoms with Gasteiger partial charge in [-0.25, -0.2) is 0 Å². The van der Waals surface area contributed by atoms with Gasteiger partial charge < -0.3 is 28.4 Å². The third-order valence-corrected chi connectivity index (χ3v) is 13.4. The Balaban J connectivity index is 1.82. The predicted octanol–water partition coefficient (Wildman–Crippen LogP) is 19.6. The SMILES string of the molecule is CCCCCCCCCCCCCOc1cc2c3cc(OCCCCCC)c(OCCCCCC)cc3c3cc(OCCCCCC)c(OCCCCCC)cc3c2cc1OCCCCCC. The average Bonchev–Trinajstić information content (AvgIpc) is 3.34. The molecule has 4 rings (SSSR count). The second-order valence-electron chi connectivity index (χ2n) is 19.5. The minimum absolute atomic E-state index is 0.668. The first-order chi connectivity index (χ1) is 33.1. The van der Waals surface area contributed by atoms with E-state index in [2.05, 4.69) is 77.9 Å². The fourth-order valence-corrected chi connectivity index (χ4v) is 9.20. The maximum absolute atomic E-state index is 6.78. The summed E-state index contributed by atoms with van der Waals surface area (Å²) in [4.78, 5) is 0. The fourth-order valence-electron chi connectivity index (χ4n) is 9.20. The van der Waals surface area contributed by atoms with Gasteiger partial charge in [0.15, 0.2) is 34.5 Å². The second kappa shape index (κ2) is 35.6. The van der Waals surface area contributed by atoms with Crippen LogP contribution in [0.4, 0.5) is 0 Å². The first-order valence-corrected chi connectivity index (χ1v) is 28.4. The van der Waals surface area contributed by atoms with Crippen LogP contribution in [0.5, 0.6) is 34.5 Å². The molecule has 0 fully saturated rings. The zero-order valence-corrected chi connectivity index (χ0v) is 44.1. The largest absolute Gasteiger partial charge is 0.490 e. The van der Waals surface area contributed by atoms with E-state index in [0.717, 1.165) is 137 Å². The molecular formula is C61H98O6. The van der Waals surface area contributed by atoms with E-state index in [1.165, 1.54) is 128 Å². The lowest BCUT2D eigenvalue weighted by Crippen LogP contribution is -2.05. The molecule has 0 aromatic heterocycles. The normalized spacial score (nSPS) is 11.6. The van der Waals surface area contributed by atoms with Crippen molar-refractivity contribution < 1.29 is 28.4 Å². The van der Waals surface area contributed by atoms with Gasteiger partial charge in [0.05, 0.1) is 39.6 Å². The summed E-state index contributed by atoms with van der Waals surface area (Å²) in [6, 6.07) is 13.5. The Morgan fingerprint density at radius 1 is 0.194 bits per heavy atom. The molecule has 0 amide bonds. The van der Waals surface area contributed by atoms with Crippen LogP contribution < -0.4 is 28.4 Å². The van der Waals surface area contributed by atoms with Crippen LogP contribution in [0.15, 0.2) is 36.4 Å². The fraction of sp³-hybridized carbons (Fsp3) is 0.705. The van der Waals surface area contributed by atoms with Crippen molar-refractivity contribution in [2.45, 2.75) is 241 Å². The highest BCUT2D eigenvalue weighted by Crippen LogP contribution is 2.47. The first kappa shape index (κ1) is 56.1. The first-order valence-electron chi connectivity index (χ1n) is 28.4. The molecule has 0 saturated carbocycles. The van der Waals surface area contributed by atoms with Crippen LogP contribution in [0.25, 0.3) is 32.3 Å². The van der Waals surface area contributed by atoms with Gasteiger partial charge in [-0.3, -0.25) is 0 Å². The van der Waals surface area contributed by atoms with Gasteiger partial charge in [-0.15, -0.1) is 0 Å². The molecule has 0 heterocycles. The van der Waals surface area contributed by atoms with Gasteiger partial charge in [0, 0.05) is 0 Å². The second-order valence-corrected chi connectivity index (χ2v) is 19.5. The molecule has 0 radical (unpaired) electrons. The Hall–Kier alpha value is -3.54. The van der Waals surface area contributed by atoms with Crippen LogP contribution in [0.3, 0.4) is 0 Å². The Labute approximate surface area is 410 Å². The monoisotopic (exact) mass is 927 g/mol. The van der Waals surface area contributed by atoms with E-state index in [1.807, 2.05) is 0 Å². The van der Waals surface area contributed by atoms with E-state index in [0.29, 0.717) is 39.6 Å². The van der Waals surface area contributed by atoms with E-state index in [1.54, 1.807) is 0 Å². The highest BCUT2D eigenvalue weighted by atomic mass is 16.5. The Bertz CT molecular complexity index is 1830. The molecule has 4 aromatic rings. The molecule has 6 heteroatoms. The third-order valence-electron chi connectivity index (χ3n) is 13.4. The van der Waals surface area contributed by atoms with Crippen molar-refractivity contribution in [3.63, 3.8) is 0 Å². The molecule has 0 unspecified atom stereocenters. The summed E-state index contributed by atoms with van der Waals surface area (Å²) in [5.74, 6) is 4.92. The topological polar surface area (TPSA) is 55.4 Å². The Morgan fingerprint density at radius 2 is 0.328 bits per heavy atom. The maximum Gasteiger partial charge on any atom is 0.161 e. The number of ether oxygens (including phenoxy) is 6. The lowest BCUT2D eigenvalue weighted by atomic mass is 9.93. The van der Waals surface area contributed by atoms with Crippen molar-refractivity contribution in [3.05, 3.63) is 36.4 Å². The number of fused-ring (bicyclic) bond motifs is 6. The summed E-state index contributed by atoms with van der Waals surface area (Å²) in [5, 5.41) is 6.75. The Kier molecular flexibility index (Phi) is 29.7. The number of hydrogen-bond donors (Lipinski definition) is 0. The van der Waals surface area contributed by atoms with Crippen molar-refractivity contribution in [2.75, 3.05) is 39.6 Å². The van der Waals surface area contributed by atoms with E-state index in [-0.39, 0.29) is 0 Å². The molecule has 0 N–H and O–H groups in total. The molecule has 4 aromatic carbocycles. The van der Waals surface area contributed by atoms with E-state index < -0.39 is 0 Å². The van der Waals surface area contributed by atoms with Gasteiger partial charge in [-0.05, 0) is 107 Å². The van der Waals surface area contributed by atoms with Crippen LogP contribution >= 0.6 is 0 Å².